The quantitative estimate of drug-likeness (QED) is 0.198. The van der Waals surface area contributed by atoms with E-state index in [2.05, 4.69) is 10.3 Å². The van der Waals surface area contributed by atoms with E-state index in [1.807, 2.05) is 0 Å². The van der Waals surface area contributed by atoms with Crippen LogP contribution in [0.25, 0.3) is 0 Å². The van der Waals surface area contributed by atoms with Crippen molar-refractivity contribution >= 4 is 11.9 Å². The van der Waals surface area contributed by atoms with Crippen LogP contribution in [0.1, 0.15) is 0 Å². The minimum absolute atomic E-state index is 0.00766. The molecule has 1 unspecified atom stereocenters. The third kappa shape index (κ3) is 6.62. The van der Waals surface area contributed by atoms with Crippen molar-refractivity contribution in [1.82, 2.24) is 5.32 Å². The first-order valence-electron chi connectivity index (χ1n) is 3.41. The molecule has 12 heavy (non-hydrogen) atoms. The maximum absolute atomic E-state index is 6.83. The summed E-state index contributed by atoms with van der Waals surface area (Å²) < 4.78 is 0. The van der Waals surface area contributed by atoms with Crippen molar-refractivity contribution in [2.45, 2.75) is 6.04 Å². The molecule has 0 heterocycles. The van der Waals surface area contributed by atoms with Crippen LogP contribution >= 0.6 is 0 Å². The first-order valence-corrected chi connectivity index (χ1v) is 3.41. The third-order valence-corrected chi connectivity index (χ3v) is 1.06. The molecule has 0 aromatic rings. The SMILES string of the molecule is N=C(N)NCC(N)CN=C(N)N. The summed E-state index contributed by atoms with van der Waals surface area (Å²) in [6, 6.07) is -0.240. The Morgan fingerprint density at radius 2 is 2.00 bits per heavy atom. The van der Waals surface area contributed by atoms with E-state index in [9.17, 15) is 0 Å². The van der Waals surface area contributed by atoms with E-state index in [-0.39, 0.29) is 18.0 Å². The molecule has 0 saturated heterocycles. The molecule has 10 N–H and O–H groups in total. The molecule has 0 aliphatic rings. The fourth-order valence-corrected chi connectivity index (χ4v) is 0.528. The van der Waals surface area contributed by atoms with Gasteiger partial charge >= 0.3 is 0 Å². The molecular weight excluding hydrogens is 158 g/mol. The Morgan fingerprint density at radius 3 is 2.42 bits per heavy atom. The minimum atomic E-state index is -0.240. The Kier molecular flexibility index (Phi) is 4.54. The van der Waals surface area contributed by atoms with Gasteiger partial charge in [-0.15, -0.1) is 0 Å². The Hall–Kier alpha value is -1.50. The molecule has 0 rings (SSSR count). The van der Waals surface area contributed by atoms with Crippen molar-refractivity contribution in [3.05, 3.63) is 0 Å². The number of nitrogens with one attached hydrogen (secondary N) is 2. The molecule has 0 aliphatic carbocycles. The maximum atomic E-state index is 6.83. The standard InChI is InChI=1S/C5H15N7/c6-3(1-11-4(7)8)2-12-5(9)10/h3H,1-2,6H2,(H4,7,8,11)(H4,9,10,12). The molecule has 0 aliphatic heterocycles. The lowest BCUT2D eigenvalue weighted by atomic mass is 10.3. The van der Waals surface area contributed by atoms with Gasteiger partial charge in [-0.1, -0.05) is 0 Å². The Balaban J connectivity index is 3.53. The van der Waals surface area contributed by atoms with Gasteiger partial charge < -0.3 is 28.3 Å². The zero-order valence-corrected chi connectivity index (χ0v) is 6.75. The van der Waals surface area contributed by atoms with Gasteiger partial charge in [-0.25, -0.2) is 0 Å². The molecule has 0 aromatic heterocycles. The van der Waals surface area contributed by atoms with E-state index in [0.717, 1.165) is 0 Å². The van der Waals surface area contributed by atoms with Gasteiger partial charge in [-0.3, -0.25) is 10.4 Å². The lowest BCUT2D eigenvalue weighted by molar-refractivity contribution is 0.653. The van der Waals surface area contributed by atoms with Gasteiger partial charge in [0.25, 0.3) is 0 Å². The van der Waals surface area contributed by atoms with Gasteiger partial charge in [-0.05, 0) is 0 Å². The number of rotatable bonds is 4. The molecule has 0 spiro atoms. The van der Waals surface area contributed by atoms with Gasteiger partial charge in [0.2, 0.25) is 0 Å². The Morgan fingerprint density at radius 1 is 1.42 bits per heavy atom. The number of guanidine groups is 2. The van der Waals surface area contributed by atoms with Gasteiger partial charge in [0, 0.05) is 12.6 Å². The highest BCUT2D eigenvalue weighted by atomic mass is 15.1. The number of nitrogens with two attached hydrogens (primary N) is 4. The zero-order valence-electron chi connectivity index (χ0n) is 6.75. The summed E-state index contributed by atoms with van der Waals surface area (Å²) in [7, 11) is 0. The number of nitrogens with zero attached hydrogens (tertiary/aromatic N) is 1. The first kappa shape index (κ1) is 10.5. The van der Waals surface area contributed by atoms with Crippen molar-refractivity contribution in [2.24, 2.45) is 27.9 Å². The molecule has 7 nitrogen and oxygen atoms in total. The maximum Gasteiger partial charge on any atom is 0.185 e. The van der Waals surface area contributed by atoms with Crippen LogP contribution in [-0.4, -0.2) is 31.1 Å². The van der Waals surface area contributed by atoms with Crippen LogP contribution < -0.4 is 28.3 Å². The molecule has 0 aromatic carbocycles. The van der Waals surface area contributed by atoms with Crippen LogP contribution in [0.2, 0.25) is 0 Å². The van der Waals surface area contributed by atoms with Crippen LogP contribution in [-0.2, 0) is 0 Å². The normalized spacial score (nSPS) is 11.8. The average Bonchev–Trinajstić information content (AvgIpc) is 1.96. The molecule has 0 saturated carbocycles. The predicted octanol–water partition coefficient (Wildman–Crippen LogP) is -2.93. The van der Waals surface area contributed by atoms with E-state index in [1.165, 1.54) is 0 Å². The molecule has 0 radical (unpaired) electrons. The Bertz CT molecular complexity index is 171. The highest BCUT2D eigenvalue weighted by molar-refractivity contribution is 5.75. The Labute approximate surface area is 70.7 Å². The summed E-state index contributed by atoms with van der Waals surface area (Å²) in [4.78, 5) is 3.70. The lowest BCUT2D eigenvalue weighted by Crippen LogP contribution is -2.42. The van der Waals surface area contributed by atoms with Crippen molar-refractivity contribution in [1.29, 1.82) is 5.41 Å². The van der Waals surface area contributed by atoms with Crippen molar-refractivity contribution in [2.75, 3.05) is 13.1 Å². The topological polar surface area (TPSA) is 152 Å². The summed E-state index contributed by atoms with van der Waals surface area (Å²) in [5.41, 5.74) is 20.7. The van der Waals surface area contributed by atoms with E-state index in [0.29, 0.717) is 13.1 Å². The lowest BCUT2D eigenvalue weighted by Gasteiger charge is -2.09. The van der Waals surface area contributed by atoms with Crippen LogP contribution in [0.4, 0.5) is 0 Å². The van der Waals surface area contributed by atoms with E-state index >= 15 is 0 Å². The smallest absolute Gasteiger partial charge is 0.185 e. The molecule has 7 heteroatoms. The van der Waals surface area contributed by atoms with Gasteiger partial charge in [0.15, 0.2) is 11.9 Å². The molecular formula is C5H15N7. The summed E-state index contributed by atoms with van der Waals surface area (Å²) in [5.74, 6) is -0.108. The second-order valence-corrected chi connectivity index (χ2v) is 2.32. The predicted molar refractivity (Wildman–Crippen MR) is 48.6 cm³/mol. The third-order valence-electron chi connectivity index (χ3n) is 1.06. The minimum Gasteiger partial charge on any atom is -0.370 e. The van der Waals surface area contributed by atoms with E-state index in [1.54, 1.807) is 0 Å². The largest absolute Gasteiger partial charge is 0.370 e. The molecule has 0 bridgehead atoms. The monoisotopic (exact) mass is 173 g/mol. The summed E-state index contributed by atoms with van der Waals surface area (Å²) in [5, 5.41) is 9.38. The number of hydrogen-bond acceptors (Lipinski definition) is 3. The first-order chi connectivity index (χ1) is 5.52. The van der Waals surface area contributed by atoms with Crippen molar-refractivity contribution in [3.8, 4) is 0 Å². The van der Waals surface area contributed by atoms with Crippen LogP contribution in [0.15, 0.2) is 4.99 Å². The van der Waals surface area contributed by atoms with Gasteiger partial charge in [-0.2, -0.15) is 0 Å². The van der Waals surface area contributed by atoms with Crippen molar-refractivity contribution in [3.63, 3.8) is 0 Å². The van der Waals surface area contributed by atoms with Gasteiger partial charge in [0.05, 0.1) is 6.54 Å². The second kappa shape index (κ2) is 5.19. The molecule has 70 valence electrons. The highest BCUT2D eigenvalue weighted by Gasteiger charge is 2.00. The van der Waals surface area contributed by atoms with Crippen molar-refractivity contribution < 1.29 is 0 Å². The van der Waals surface area contributed by atoms with Crippen LogP contribution in [0.3, 0.4) is 0 Å². The van der Waals surface area contributed by atoms with Gasteiger partial charge in [0.1, 0.15) is 0 Å². The fourth-order valence-electron chi connectivity index (χ4n) is 0.528. The summed E-state index contributed by atoms with van der Waals surface area (Å²) in [6.07, 6.45) is 0. The fraction of sp³-hybridized carbons (Fsp3) is 0.600. The van der Waals surface area contributed by atoms with E-state index in [4.69, 9.17) is 28.3 Å². The van der Waals surface area contributed by atoms with Crippen LogP contribution in [0.5, 0.6) is 0 Å². The summed E-state index contributed by atoms with van der Waals surface area (Å²) >= 11 is 0. The average molecular weight is 173 g/mol. The number of hydrogen-bond donors (Lipinski definition) is 6. The highest BCUT2D eigenvalue weighted by Crippen LogP contribution is 1.77. The molecule has 0 amide bonds. The number of aliphatic imine (C=N–C) groups is 1. The second-order valence-electron chi connectivity index (χ2n) is 2.32. The summed E-state index contributed by atoms with van der Waals surface area (Å²) in [6.45, 7) is 0.703. The molecule has 1 atom stereocenters. The zero-order chi connectivity index (χ0) is 9.56. The van der Waals surface area contributed by atoms with Crippen LogP contribution in [0, 0.1) is 5.41 Å². The molecule has 0 fully saturated rings. The van der Waals surface area contributed by atoms with E-state index < -0.39 is 0 Å².